The molecule has 1 amide bonds. The molecule has 0 aromatic rings. The highest BCUT2D eigenvalue weighted by Gasteiger charge is 2.55. The third kappa shape index (κ3) is 2.68. The third-order valence-electron chi connectivity index (χ3n) is 4.41. The number of hydrogen-bond acceptors (Lipinski definition) is 2. The van der Waals surface area contributed by atoms with Crippen LogP contribution in [-0.4, -0.2) is 34.5 Å². The SMILES string of the molecule is CC(C)N(CCC(=O)O)C(=O)C1C2CCCCC21. The van der Waals surface area contributed by atoms with E-state index >= 15 is 0 Å². The minimum atomic E-state index is -0.832. The lowest BCUT2D eigenvalue weighted by molar-refractivity contribution is -0.139. The molecule has 0 spiro atoms. The number of carbonyl (C=O) groups is 2. The van der Waals surface area contributed by atoms with Crippen molar-refractivity contribution in [3.8, 4) is 0 Å². The van der Waals surface area contributed by atoms with Crippen LogP contribution in [0.5, 0.6) is 0 Å². The molecule has 2 aliphatic carbocycles. The summed E-state index contributed by atoms with van der Waals surface area (Å²) < 4.78 is 0. The molecular weight excluding hydrogens is 230 g/mol. The van der Waals surface area contributed by atoms with Crippen molar-refractivity contribution in [3.05, 3.63) is 0 Å². The van der Waals surface area contributed by atoms with Crippen molar-refractivity contribution >= 4 is 11.9 Å². The molecule has 2 unspecified atom stereocenters. The molecule has 102 valence electrons. The first-order valence-electron chi connectivity index (χ1n) is 7.04. The van der Waals surface area contributed by atoms with Gasteiger partial charge in [0.15, 0.2) is 0 Å². The fraction of sp³-hybridized carbons (Fsp3) is 0.857. The van der Waals surface area contributed by atoms with Gasteiger partial charge < -0.3 is 10.0 Å². The van der Waals surface area contributed by atoms with E-state index in [4.69, 9.17) is 5.11 Å². The summed E-state index contributed by atoms with van der Waals surface area (Å²) >= 11 is 0. The Morgan fingerprint density at radius 1 is 1.22 bits per heavy atom. The van der Waals surface area contributed by atoms with Crippen LogP contribution in [0.2, 0.25) is 0 Å². The highest BCUT2D eigenvalue weighted by Crippen LogP contribution is 2.56. The molecule has 0 radical (unpaired) electrons. The molecule has 0 saturated heterocycles. The van der Waals surface area contributed by atoms with Gasteiger partial charge in [-0.3, -0.25) is 9.59 Å². The zero-order valence-electron chi connectivity index (χ0n) is 11.3. The van der Waals surface area contributed by atoms with E-state index < -0.39 is 5.97 Å². The maximum absolute atomic E-state index is 12.5. The molecule has 2 aliphatic rings. The monoisotopic (exact) mass is 253 g/mol. The van der Waals surface area contributed by atoms with E-state index in [2.05, 4.69) is 0 Å². The van der Waals surface area contributed by atoms with Gasteiger partial charge in [0.1, 0.15) is 0 Å². The highest BCUT2D eigenvalue weighted by atomic mass is 16.4. The van der Waals surface area contributed by atoms with Crippen molar-refractivity contribution < 1.29 is 14.7 Å². The van der Waals surface area contributed by atoms with Crippen LogP contribution in [0.3, 0.4) is 0 Å². The van der Waals surface area contributed by atoms with Crippen molar-refractivity contribution in [2.45, 2.75) is 52.0 Å². The van der Waals surface area contributed by atoms with Gasteiger partial charge in [-0.2, -0.15) is 0 Å². The van der Waals surface area contributed by atoms with Gasteiger partial charge in [-0.25, -0.2) is 0 Å². The van der Waals surface area contributed by atoms with E-state index in [0.717, 1.165) is 0 Å². The van der Waals surface area contributed by atoms with E-state index in [1.165, 1.54) is 25.7 Å². The summed E-state index contributed by atoms with van der Waals surface area (Å²) in [6, 6.07) is 0.0968. The van der Waals surface area contributed by atoms with Crippen molar-refractivity contribution in [2.24, 2.45) is 17.8 Å². The minimum Gasteiger partial charge on any atom is -0.481 e. The van der Waals surface area contributed by atoms with Crippen molar-refractivity contribution in [3.63, 3.8) is 0 Å². The predicted molar refractivity (Wildman–Crippen MR) is 68.0 cm³/mol. The van der Waals surface area contributed by atoms with E-state index in [1.807, 2.05) is 13.8 Å². The van der Waals surface area contributed by atoms with Gasteiger partial charge in [0, 0.05) is 18.5 Å². The molecule has 18 heavy (non-hydrogen) atoms. The first kappa shape index (κ1) is 13.4. The first-order chi connectivity index (χ1) is 8.52. The Morgan fingerprint density at radius 2 is 1.78 bits per heavy atom. The number of hydrogen-bond donors (Lipinski definition) is 1. The number of nitrogens with zero attached hydrogens (tertiary/aromatic N) is 1. The molecule has 0 bridgehead atoms. The largest absolute Gasteiger partial charge is 0.481 e. The van der Waals surface area contributed by atoms with Crippen molar-refractivity contribution in [2.75, 3.05) is 6.54 Å². The average molecular weight is 253 g/mol. The number of rotatable bonds is 5. The predicted octanol–water partition coefficient (Wildman–Crippen LogP) is 2.13. The molecule has 4 nitrogen and oxygen atoms in total. The summed E-state index contributed by atoms with van der Waals surface area (Å²) in [4.78, 5) is 24.9. The Bertz CT molecular complexity index is 328. The topological polar surface area (TPSA) is 57.6 Å². The van der Waals surface area contributed by atoms with Crippen LogP contribution in [-0.2, 0) is 9.59 Å². The zero-order chi connectivity index (χ0) is 13.3. The Labute approximate surface area is 108 Å². The fourth-order valence-electron chi connectivity index (χ4n) is 3.39. The lowest BCUT2D eigenvalue weighted by Crippen LogP contribution is -2.40. The summed E-state index contributed by atoms with van der Waals surface area (Å²) in [5.74, 6) is 0.753. The molecule has 4 heteroatoms. The molecule has 1 N–H and O–H groups in total. The second-order valence-electron chi connectivity index (χ2n) is 5.91. The van der Waals surface area contributed by atoms with E-state index in [-0.39, 0.29) is 24.3 Å². The Morgan fingerprint density at radius 3 is 2.22 bits per heavy atom. The quantitative estimate of drug-likeness (QED) is 0.816. The minimum absolute atomic E-state index is 0.0476. The van der Waals surface area contributed by atoms with Crippen LogP contribution in [0.15, 0.2) is 0 Å². The smallest absolute Gasteiger partial charge is 0.305 e. The Kier molecular flexibility index (Phi) is 3.93. The van der Waals surface area contributed by atoms with Gasteiger partial charge in [0.25, 0.3) is 0 Å². The Balaban J connectivity index is 1.94. The van der Waals surface area contributed by atoms with E-state index in [0.29, 0.717) is 18.4 Å². The first-order valence-corrected chi connectivity index (χ1v) is 7.04. The Hall–Kier alpha value is -1.06. The maximum Gasteiger partial charge on any atom is 0.305 e. The number of fused-ring (bicyclic) bond motifs is 1. The van der Waals surface area contributed by atoms with Gasteiger partial charge in [0.2, 0.25) is 5.91 Å². The molecule has 2 rings (SSSR count). The summed E-state index contributed by atoms with van der Waals surface area (Å²) in [6.07, 6.45) is 4.92. The van der Waals surface area contributed by atoms with Crippen LogP contribution < -0.4 is 0 Å². The zero-order valence-corrected chi connectivity index (χ0v) is 11.3. The third-order valence-corrected chi connectivity index (χ3v) is 4.41. The van der Waals surface area contributed by atoms with Crippen LogP contribution in [0.1, 0.15) is 46.0 Å². The van der Waals surface area contributed by atoms with Gasteiger partial charge in [-0.15, -0.1) is 0 Å². The van der Waals surface area contributed by atoms with Gasteiger partial charge in [-0.1, -0.05) is 12.8 Å². The van der Waals surface area contributed by atoms with Crippen LogP contribution in [0.4, 0.5) is 0 Å². The normalized spacial score (nSPS) is 29.8. The molecule has 0 aromatic heterocycles. The molecule has 0 heterocycles. The van der Waals surface area contributed by atoms with Gasteiger partial charge in [-0.05, 0) is 38.5 Å². The van der Waals surface area contributed by atoms with Crippen molar-refractivity contribution in [1.29, 1.82) is 0 Å². The summed E-state index contributed by atoms with van der Waals surface area (Å²) in [6.45, 7) is 4.28. The maximum atomic E-state index is 12.5. The number of carboxylic acids is 1. The number of aliphatic carboxylic acids is 1. The van der Waals surface area contributed by atoms with Crippen LogP contribution in [0.25, 0.3) is 0 Å². The lowest BCUT2D eigenvalue weighted by Gasteiger charge is -2.26. The second kappa shape index (κ2) is 5.29. The summed E-state index contributed by atoms with van der Waals surface area (Å²) in [7, 11) is 0. The van der Waals surface area contributed by atoms with Crippen LogP contribution in [0, 0.1) is 17.8 Å². The second-order valence-corrected chi connectivity index (χ2v) is 5.91. The number of amides is 1. The molecule has 2 fully saturated rings. The van der Waals surface area contributed by atoms with Crippen LogP contribution >= 0.6 is 0 Å². The van der Waals surface area contributed by atoms with Gasteiger partial charge in [0.05, 0.1) is 6.42 Å². The summed E-state index contributed by atoms with van der Waals surface area (Å²) in [5.41, 5.74) is 0. The summed E-state index contributed by atoms with van der Waals surface area (Å²) in [5, 5.41) is 8.75. The van der Waals surface area contributed by atoms with Crippen molar-refractivity contribution in [1.82, 2.24) is 4.90 Å². The number of carbonyl (C=O) groups excluding carboxylic acids is 1. The molecule has 0 aliphatic heterocycles. The lowest BCUT2D eigenvalue weighted by atomic mass is 10.0. The highest BCUT2D eigenvalue weighted by molar-refractivity contribution is 5.83. The van der Waals surface area contributed by atoms with E-state index in [9.17, 15) is 9.59 Å². The fourth-order valence-corrected chi connectivity index (χ4v) is 3.39. The molecular formula is C14H23NO3. The van der Waals surface area contributed by atoms with Gasteiger partial charge >= 0.3 is 5.97 Å². The standard InChI is InChI=1S/C14H23NO3/c1-9(2)15(8-7-12(16)17)14(18)13-10-5-3-4-6-11(10)13/h9-11,13H,3-8H2,1-2H3,(H,16,17). The molecule has 2 saturated carbocycles. The number of carboxylic acid groups (broad SMARTS) is 1. The average Bonchev–Trinajstić information content (AvgIpc) is 3.02. The molecule has 0 aromatic carbocycles. The van der Waals surface area contributed by atoms with E-state index in [1.54, 1.807) is 4.90 Å². The molecule has 2 atom stereocenters.